The van der Waals surface area contributed by atoms with E-state index >= 15 is 4.79 Å². The SMILES string of the molecule is CCCCSc1c(O)c(O)c(C(C)C)c2c1C(=O)C(C1(C)C(=O)c3c(SCCCC)c(O)c(O)c(C(C)C)c3C(=O)C1C)=C(C)C2=O. The Labute approximate surface area is 285 Å². The first-order valence-corrected chi connectivity index (χ1v) is 18.4. The van der Waals surface area contributed by atoms with E-state index in [1.54, 1.807) is 34.6 Å². The number of aromatic hydroxyl groups is 4. The molecular weight excluding hydrogens is 637 g/mol. The maximum absolute atomic E-state index is 15.0. The lowest BCUT2D eigenvalue weighted by Crippen LogP contribution is -2.49. The van der Waals surface area contributed by atoms with Crippen LogP contribution >= 0.6 is 23.5 Å². The molecule has 0 saturated carbocycles. The zero-order chi connectivity index (χ0) is 35.3. The number of hydrogen-bond donors (Lipinski definition) is 4. The van der Waals surface area contributed by atoms with Crippen LogP contribution in [0.5, 0.6) is 23.0 Å². The molecule has 254 valence electrons. The van der Waals surface area contributed by atoms with Crippen molar-refractivity contribution in [2.45, 2.75) is 110 Å². The first-order chi connectivity index (χ1) is 22.0. The Bertz CT molecular complexity index is 1720. The number of unbranched alkanes of at least 4 members (excludes halogenated alkanes) is 2. The molecule has 0 bridgehead atoms. The zero-order valence-corrected chi connectivity index (χ0v) is 30.3. The van der Waals surface area contributed by atoms with Crippen molar-refractivity contribution in [1.29, 1.82) is 0 Å². The number of carbonyl (C=O) groups is 4. The average Bonchev–Trinajstić information content (AvgIpc) is 3.01. The normalized spacial score (nSPS) is 19.7. The second-order valence-corrected chi connectivity index (χ2v) is 15.6. The van der Waals surface area contributed by atoms with Crippen LogP contribution < -0.4 is 0 Å². The molecular formula is C37H46O8S2. The smallest absolute Gasteiger partial charge is 0.192 e. The van der Waals surface area contributed by atoms with Crippen molar-refractivity contribution in [3.05, 3.63) is 44.5 Å². The Hall–Kier alpha value is -3.24. The number of hydrogen-bond acceptors (Lipinski definition) is 10. The second-order valence-electron chi connectivity index (χ2n) is 13.4. The summed E-state index contributed by atoms with van der Waals surface area (Å²) in [4.78, 5) is 58.9. The van der Waals surface area contributed by atoms with Gasteiger partial charge in [0.15, 0.2) is 46.1 Å². The Kier molecular flexibility index (Phi) is 10.7. The van der Waals surface area contributed by atoms with Gasteiger partial charge in [-0.2, -0.15) is 0 Å². The largest absolute Gasteiger partial charge is 0.504 e. The molecule has 0 heterocycles. The summed E-state index contributed by atoms with van der Waals surface area (Å²) in [6.07, 6.45) is 3.19. The van der Waals surface area contributed by atoms with Crippen molar-refractivity contribution in [2.75, 3.05) is 11.5 Å². The monoisotopic (exact) mass is 682 g/mol. The van der Waals surface area contributed by atoms with E-state index in [4.69, 9.17) is 0 Å². The fraction of sp³-hybridized carbons (Fsp3) is 0.514. The number of thioether (sulfide) groups is 2. The van der Waals surface area contributed by atoms with Gasteiger partial charge in [-0.1, -0.05) is 61.3 Å². The molecule has 8 nitrogen and oxygen atoms in total. The standard InChI is InChI=1S/C37H46O8S2/c1-10-12-14-46-34-24-22(20(16(3)4)30(41)32(34)43)27(38)18(7)26(29(24)40)37(9)19(8)28(39)23-21(17(5)6)31(42)33(44)35(25(23)36(37)45)47-15-13-11-2/h16-17,19,41-44H,10-15H2,1-9H3. The lowest BCUT2D eigenvalue weighted by molar-refractivity contribution is 0.0633. The van der Waals surface area contributed by atoms with Gasteiger partial charge in [0.1, 0.15) is 0 Å². The van der Waals surface area contributed by atoms with Gasteiger partial charge in [0, 0.05) is 44.9 Å². The first-order valence-electron chi connectivity index (χ1n) is 16.4. The number of phenolic OH excluding ortho intramolecular Hbond substituents is 4. The number of rotatable bonds is 11. The molecule has 10 heteroatoms. The van der Waals surface area contributed by atoms with Crippen LogP contribution in [0.1, 0.15) is 152 Å². The quantitative estimate of drug-likeness (QED) is 0.103. The maximum atomic E-state index is 15.0. The summed E-state index contributed by atoms with van der Waals surface area (Å²) in [5.41, 5.74) is -1.71. The number of phenols is 4. The zero-order valence-electron chi connectivity index (χ0n) is 28.7. The lowest BCUT2D eigenvalue weighted by Gasteiger charge is -2.43. The van der Waals surface area contributed by atoms with Gasteiger partial charge in [0.25, 0.3) is 0 Å². The van der Waals surface area contributed by atoms with E-state index in [1.165, 1.54) is 37.4 Å². The highest BCUT2D eigenvalue weighted by Gasteiger charge is 2.57. The molecule has 0 spiro atoms. The van der Waals surface area contributed by atoms with Crippen molar-refractivity contribution in [2.24, 2.45) is 11.3 Å². The minimum atomic E-state index is -1.83. The van der Waals surface area contributed by atoms with Crippen LogP contribution in [-0.4, -0.2) is 55.1 Å². The fourth-order valence-electron chi connectivity index (χ4n) is 6.89. The Morgan fingerprint density at radius 3 is 1.57 bits per heavy atom. The minimum absolute atomic E-state index is 0.00672. The van der Waals surface area contributed by atoms with Gasteiger partial charge in [0.05, 0.1) is 20.8 Å². The van der Waals surface area contributed by atoms with Gasteiger partial charge in [0.2, 0.25) is 0 Å². The van der Waals surface area contributed by atoms with Crippen LogP contribution in [-0.2, 0) is 0 Å². The Morgan fingerprint density at radius 1 is 0.681 bits per heavy atom. The fourth-order valence-corrected chi connectivity index (χ4v) is 9.31. The summed E-state index contributed by atoms with van der Waals surface area (Å²) < 4.78 is 0. The molecule has 0 amide bonds. The first kappa shape index (κ1) is 36.6. The molecule has 0 fully saturated rings. The summed E-state index contributed by atoms with van der Waals surface area (Å²) in [6, 6.07) is 0. The van der Waals surface area contributed by atoms with Crippen molar-refractivity contribution in [1.82, 2.24) is 0 Å². The molecule has 2 aliphatic rings. The van der Waals surface area contributed by atoms with Gasteiger partial charge in [-0.25, -0.2) is 0 Å². The minimum Gasteiger partial charge on any atom is -0.504 e. The van der Waals surface area contributed by atoms with Crippen LogP contribution in [0.2, 0.25) is 0 Å². The highest BCUT2D eigenvalue weighted by atomic mass is 32.2. The average molecular weight is 683 g/mol. The van der Waals surface area contributed by atoms with E-state index < -0.39 is 69.3 Å². The van der Waals surface area contributed by atoms with E-state index in [0.29, 0.717) is 11.5 Å². The van der Waals surface area contributed by atoms with Gasteiger partial charge in [-0.15, -0.1) is 23.5 Å². The molecule has 4 N–H and O–H groups in total. The molecule has 2 aromatic rings. The Balaban J connectivity index is 2.08. The van der Waals surface area contributed by atoms with Crippen LogP contribution in [0.25, 0.3) is 0 Å². The van der Waals surface area contributed by atoms with Gasteiger partial charge < -0.3 is 20.4 Å². The van der Waals surface area contributed by atoms with E-state index in [-0.39, 0.29) is 54.3 Å². The van der Waals surface area contributed by atoms with E-state index in [9.17, 15) is 34.8 Å². The predicted octanol–water partition coefficient (Wildman–Crippen LogP) is 8.96. The summed E-state index contributed by atoms with van der Waals surface area (Å²) in [5, 5.41) is 44.7. The Morgan fingerprint density at radius 2 is 1.13 bits per heavy atom. The molecule has 0 radical (unpaired) electrons. The molecule has 2 aromatic carbocycles. The molecule has 0 aromatic heterocycles. The van der Waals surface area contributed by atoms with Gasteiger partial charge in [-0.3, -0.25) is 19.2 Å². The van der Waals surface area contributed by atoms with Crippen LogP contribution in [0.3, 0.4) is 0 Å². The number of Topliss-reactive ketones (excluding diaryl/α,β-unsaturated/α-hetero) is 4. The molecule has 4 rings (SSSR count). The third-order valence-corrected chi connectivity index (χ3v) is 12.0. The lowest BCUT2D eigenvalue weighted by atomic mass is 9.57. The predicted molar refractivity (Wildman–Crippen MR) is 186 cm³/mol. The number of carbonyl (C=O) groups excluding carboxylic acids is 4. The molecule has 2 aliphatic carbocycles. The third kappa shape index (κ3) is 5.59. The molecule has 47 heavy (non-hydrogen) atoms. The summed E-state index contributed by atoms with van der Waals surface area (Å²) in [6.45, 7) is 15.5. The molecule has 2 unspecified atom stereocenters. The van der Waals surface area contributed by atoms with E-state index in [2.05, 4.69) is 0 Å². The van der Waals surface area contributed by atoms with E-state index in [0.717, 1.165) is 25.7 Å². The van der Waals surface area contributed by atoms with E-state index in [1.807, 2.05) is 13.8 Å². The highest BCUT2D eigenvalue weighted by molar-refractivity contribution is 7.99. The number of ketones is 4. The number of benzene rings is 2. The molecule has 0 aliphatic heterocycles. The van der Waals surface area contributed by atoms with Crippen molar-refractivity contribution >= 4 is 46.7 Å². The highest BCUT2D eigenvalue weighted by Crippen LogP contribution is 2.57. The number of fused-ring (bicyclic) bond motifs is 2. The summed E-state index contributed by atoms with van der Waals surface area (Å²) >= 11 is 2.34. The van der Waals surface area contributed by atoms with Crippen LogP contribution in [0.15, 0.2) is 20.9 Å². The topological polar surface area (TPSA) is 149 Å². The van der Waals surface area contributed by atoms with Crippen molar-refractivity contribution < 1.29 is 39.6 Å². The summed E-state index contributed by atoms with van der Waals surface area (Å²) in [5.74, 6) is -5.08. The molecule has 2 atom stereocenters. The van der Waals surface area contributed by atoms with Crippen molar-refractivity contribution in [3.63, 3.8) is 0 Å². The second kappa shape index (κ2) is 13.7. The third-order valence-electron chi connectivity index (χ3n) is 9.65. The van der Waals surface area contributed by atoms with Crippen LogP contribution in [0, 0.1) is 11.3 Å². The summed E-state index contributed by atoms with van der Waals surface area (Å²) in [7, 11) is 0. The van der Waals surface area contributed by atoms with Crippen LogP contribution in [0.4, 0.5) is 0 Å². The molecule has 0 saturated heterocycles. The number of allylic oxidation sites excluding steroid dienone is 2. The van der Waals surface area contributed by atoms with Crippen molar-refractivity contribution in [3.8, 4) is 23.0 Å². The maximum Gasteiger partial charge on any atom is 0.192 e. The van der Waals surface area contributed by atoms with Gasteiger partial charge in [-0.05, 0) is 50.0 Å². The van der Waals surface area contributed by atoms with Gasteiger partial charge >= 0.3 is 0 Å².